The van der Waals surface area contributed by atoms with Crippen LogP contribution in [-0.4, -0.2) is 44.3 Å². The molecule has 7 nitrogen and oxygen atoms in total. The van der Waals surface area contributed by atoms with E-state index in [1.807, 2.05) is 13.2 Å². The number of ether oxygens (including phenoxy) is 1. The number of nitrogens with zero attached hydrogens (tertiary/aromatic N) is 4. The van der Waals surface area contributed by atoms with E-state index in [9.17, 15) is 5.11 Å². The van der Waals surface area contributed by atoms with Crippen molar-refractivity contribution in [1.29, 1.82) is 0 Å². The highest BCUT2D eigenvalue weighted by atomic mass is 16.5. The fourth-order valence-electron chi connectivity index (χ4n) is 2.00. The molecule has 2 aromatic rings. The second-order valence-electron chi connectivity index (χ2n) is 4.40. The summed E-state index contributed by atoms with van der Waals surface area (Å²) in [6.45, 7) is 0.983. The number of aromatic nitrogens is 4. The molecule has 0 saturated carbocycles. The van der Waals surface area contributed by atoms with Gasteiger partial charge in [-0.2, -0.15) is 10.1 Å². The van der Waals surface area contributed by atoms with Crippen LogP contribution in [0.15, 0.2) is 16.9 Å². The molecule has 96 valence electrons. The zero-order valence-corrected chi connectivity index (χ0v) is 9.98. The van der Waals surface area contributed by atoms with Gasteiger partial charge in [-0.05, 0) is 6.42 Å². The van der Waals surface area contributed by atoms with Crippen molar-refractivity contribution >= 4 is 0 Å². The van der Waals surface area contributed by atoms with E-state index in [0.29, 0.717) is 31.3 Å². The van der Waals surface area contributed by atoms with Gasteiger partial charge in [0.2, 0.25) is 11.7 Å². The first kappa shape index (κ1) is 11.4. The number of aryl methyl sites for hydroxylation is 1. The van der Waals surface area contributed by atoms with Crippen LogP contribution in [0.3, 0.4) is 0 Å². The van der Waals surface area contributed by atoms with Gasteiger partial charge < -0.3 is 14.4 Å². The summed E-state index contributed by atoms with van der Waals surface area (Å²) < 4.78 is 12.2. The Kier molecular flexibility index (Phi) is 2.85. The Bertz CT molecular complexity index is 536. The van der Waals surface area contributed by atoms with Crippen molar-refractivity contribution < 1.29 is 14.4 Å². The monoisotopic (exact) mass is 250 g/mol. The highest BCUT2D eigenvalue weighted by Gasteiger charge is 2.30. The van der Waals surface area contributed by atoms with Crippen molar-refractivity contribution in [3.63, 3.8) is 0 Å². The second-order valence-corrected chi connectivity index (χ2v) is 4.40. The van der Waals surface area contributed by atoms with Gasteiger partial charge in [-0.25, -0.2) is 0 Å². The second kappa shape index (κ2) is 4.51. The maximum atomic E-state index is 9.88. The fraction of sp³-hybridized carbons (Fsp3) is 0.545. The van der Waals surface area contributed by atoms with E-state index in [4.69, 9.17) is 9.26 Å². The predicted molar refractivity (Wildman–Crippen MR) is 60.7 cm³/mol. The maximum absolute atomic E-state index is 9.88. The van der Waals surface area contributed by atoms with E-state index in [1.54, 1.807) is 10.9 Å². The summed E-state index contributed by atoms with van der Waals surface area (Å²) in [6.07, 6.45) is 3.58. The standard InChI is InChI=1S/C11H14N4O3/c1-15-5-7(4-12-15)10-13-11(18-14-10)8-6-17-3-2-9(8)16/h4-5,8-9,16H,2-3,6H2,1H3. The molecule has 7 heteroatoms. The van der Waals surface area contributed by atoms with Crippen molar-refractivity contribution in [2.45, 2.75) is 18.4 Å². The number of hydrogen-bond donors (Lipinski definition) is 1. The van der Waals surface area contributed by atoms with Crippen molar-refractivity contribution in [3.05, 3.63) is 18.3 Å². The molecule has 1 aliphatic heterocycles. The van der Waals surface area contributed by atoms with Crippen LogP contribution in [0.1, 0.15) is 18.2 Å². The molecule has 1 aliphatic rings. The Morgan fingerprint density at radius 1 is 1.50 bits per heavy atom. The summed E-state index contributed by atoms with van der Waals surface area (Å²) in [5.74, 6) is 0.661. The highest BCUT2D eigenvalue weighted by molar-refractivity contribution is 5.51. The molecule has 0 spiro atoms. The van der Waals surface area contributed by atoms with E-state index in [1.165, 1.54) is 0 Å². The third-order valence-corrected chi connectivity index (χ3v) is 3.04. The topological polar surface area (TPSA) is 86.2 Å². The minimum absolute atomic E-state index is 0.239. The Labute approximate surface area is 103 Å². The van der Waals surface area contributed by atoms with E-state index in [0.717, 1.165) is 5.56 Å². The van der Waals surface area contributed by atoms with Gasteiger partial charge in [0, 0.05) is 19.9 Å². The van der Waals surface area contributed by atoms with Gasteiger partial charge >= 0.3 is 0 Å². The van der Waals surface area contributed by atoms with E-state index < -0.39 is 6.10 Å². The lowest BCUT2D eigenvalue weighted by atomic mass is 9.99. The highest BCUT2D eigenvalue weighted by Crippen LogP contribution is 2.26. The Morgan fingerprint density at radius 3 is 3.11 bits per heavy atom. The van der Waals surface area contributed by atoms with Gasteiger partial charge in [-0.3, -0.25) is 4.68 Å². The molecule has 0 amide bonds. The lowest BCUT2D eigenvalue weighted by Crippen LogP contribution is -2.30. The molecule has 1 fully saturated rings. The van der Waals surface area contributed by atoms with Crippen LogP contribution in [0.5, 0.6) is 0 Å². The average Bonchev–Trinajstić information content (AvgIpc) is 2.98. The molecule has 2 atom stereocenters. The molecule has 0 bridgehead atoms. The third-order valence-electron chi connectivity index (χ3n) is 3.04. The van der Waals surface area contributed by atoms with Crippen LogP contribution in [-0.2, 0) is 11.8 Å². The Balaban J connectivity index is 1.84. The number of aliphatic hydroxyl groups is 1. The van der Waals surface area contributed by atoms with E-state index in [-0.39, 0.29) is 5.92 Å². The van der Waals surface area contributed by atoms with E-state index in [2.05, 4.69) is 15.2 Å². The molecular formula is C11H14N4O3. The van der Waals surface area contributed by atoms with Crippen LogP contribution in [0.4, 0.5) is 0 Å². The van der Waals surface area contributed by atoms with Crippen molar-refractivity contribution in [3.8, 4) is 11.4 Å². The van der Waals surface area contributed by atoms with Crippen molar-refractivity contribution in [2.75, 3.05) is 13.2 Å². The van der Waals surface area contributed by atoms with Crippen LogP contribution in [0.25, 0.3) is 11.4 Å². The molecule has 2 unspecified atom stereocenters. The molecule has 0 aliphatic carbocycles. The molecule has 1 N–H and O–H groups in total. The van der Waals surface area contributed by atoms with Gasteiger partial charge in [0.15, 0.2) is 0 Å². The zero-order valence-electron chi connectivity index (χ0n) is 9.98. The molecule has 3 rings (SSSR count). The van der Waals surface area contributed by atoms with Gasteiger partial charge in [0.25, 0.3) is 0 Å². The lowest BCUT2D eigenvalue weighted by Gasteiger charge is -2.24. The molecule has 2 aromatic heterocycles. The summed E-state index contributed by atoms with van der Waals surface area (Å²) in [4.78, 5) is 4.30. The normalized spacial score (nSPS) is 24.3. The quantitative estimate of drug-likeness (QED) is 0.826. The molecule has 18 heavy (non-hydrogen) atoms. The third kappa shape index (κ3) is 2.02. The summed E-state index contributed by atoms with van der Waals surface area (Å²) in [5.41, 5.74) is 0.790. The average molecular weight is 250 g/mol. The van der Waals surface area contributed by atoms with Crippen LogP contribution >= 0.6 is 0 Å². The number of aliphatic hydroxyl groups excluding tert-OH is 1. The van der Waals surface area contributed by atoms with Gasteiger partial charge in [-0.15, -0.1) is 0 Å². The smallest absolute Gasteiger partial charge is 0.235 e. The number of hydrogen-bond acceptors (Lipinski definition) is 6. The summed E-state index contributed by atoms with van der Waals surface area (Å²) >= 11 is 0. The maximum Gasteiger partial charge on any atom is 0.235 e. The van der Waals surface area contributed by atoms with E-state index >= 15 is 0 Å². The summed E-state index contributed by atoms with van der Waals surface area (Å²) in [6, 6.07) is 0. The van der Waals surface area contributed by atoms with Gasteiger partial charge in [-0.1, -0.05) is 5.16 Å². The Morgan fingerprint density at radius 2 is 2.39 bits per heavy atom. The van der Waals surface area contributed by atoms with Crippen molar-refractivity contribution in [2.24, 2.45) is 7.05 Å². The summed E-state index contributed by atoms with van der Waals surface area (Å²) in [5, 5.41) is 17.8. The minimum atomic E-state index is -0.485. The van der Waals surface area contributed by atoms with Gasteiger partial charge in [0.1, 0.15) is 0 Å². The largest absolute Gasteiger partial charge is 0.392 e. The molecule has 1 saturated heterocycles. The lowest BCUT2D eigenvalue weighted by molar-refractivity contribution is -0.0149. The molecule has 0 aromatic carbocycles. The first-order valence-corrected chi connectivity index (χ1v) is 5.82. The van der Waals surface area contributed by atoms with Crippen LogP contribution in [0.2, 0.25) is 0 Å². The van der Waals surface area contributed by atoms with Crippen LogP contribution < -0.4 is 0 Å². The SMILES string of the molecule is Cn1cc(-c2noc(C3COCCC3O)n2)cn1. The fourth-order valence-corrected chi connectivity index (χ4v) is 2.00. The number of rotatable bonds is 2. The molecule has 3 heterocycles. The first-order valence-electron chi connectivity index (χ1n) is 5.82. The zero-order chi connectivity index (χ0) is 12.5. The van der Waals surface area contributed by atoms with Gasteiger partial charge in [0.05, 0.1) is 30.4 Å². The minimum Gasteiger partial charge on any atom is -0.392 e. The summed E-state index contributed by atoms with van der Waals surface area (Å²) in [7, 11) is 1.82. The van der Waals surface area contributed by atoms with Crippen molar-refractivity contribution in [1.82, 2.24) is 19.9 Å². The first-order chi connectivity index (χ1) is 8.74. The van der Waals surface area contributed by atoms with Crippen LogP contribution in [0, 0.1) is 0 Å². The Hall–Kier alpha value is -1.73. The predicted octanol–water partition coefficient (Wildman–Crippen LogP) is 0.335. The molecular weight excluding hydrogens is 236 g/mol. The molecule has 0 radical (unpaired) electrons.